The van der Waals surface area contributed by atoms with Gasteiger partial charge in [0.15, 0.2) is 0 Å². The Hall–Kier alpha value is -1.65. The fourth-order valence-electron chi connectivity index (χ4n) is 2.94. The van der Waals surface area contributed by atoms with Gasteiger partial charge in [0.2, 0.25) is 5.91 Å². The maximum absolute atomic E-state index is 12.7. The molecule has 1 aromatic heterocycles. The minimum absolute atomic E-state index is 0.0894. The Kier molecular flexibility index (Phi) is 4.08. The van der Waals surface area contributed by atoms with E-state index in [9.17, 15) is 4.79 Å². The van der Waals surface area contributed by atoms with Crippen LogP contribution in [-0.2, 0) is 4.79 Å². The summed E-state index contributed by atoms with van der Waals surface area (Å²) in [5.41, 5.74) is 1.58. The molecule has 1 saturated heterocycles. The lowest BCUT2D eigenvalue weighted by Crippen LogP contribution is -2.50. The van der Waals surface area contributed by atoms with Crippen LogP contribution in [0.5, 0.6) is 0 Å². The molecular weight excluding hydrogens is 280 g/mol. The molecule has 21 heavy (non-hydrogen) atoms. The van der Waals surface area contributed by atoms with E-state index in [1.54, 1.807) is 11.3 Å². The average Bonchev–Trinajstić information content (AvgIpc) is 3.20. The second kappa shape index (κ2) is 6.00. The number of amides is 1. The third-order valence-electron chi connectivity index (χ3n) is 4.24. The van der Waals surface area contributed by atoms with Gasteiger partial charge in [-0.1, -0.05) is 31.2 Å². The Balaban J connectivity index is 1.87. The highest BCUT2D eigenvalue weighted by molar-refractivity contribution is 7.13. The Bertz CT molecular complexity index is 615. The van der Waals surface area contributed by atoms with Crippen molar-refractivity contribution >= 4 is 22.9 Å². The lowest BCUT2D eigenvalue weighted by Gasteiger charge is -2.27. The van der Waals surface area contributed by atoms with Crippen LogP contribution in [0.3, 0.4) is 0 Å². The first-order valence-corrected chi connectivity index (χ1v) is 8.32. The van der Waals surface area contributed by atoms with Crippen molar-refractivity contribution in [2.75, 3.05) is 11.9 Å². The highest BCUT2D eigenvalue weighted by Gasteiger charge is 2.39. The summed E-state index contributed by atoms with van der Waals surface area (Å²) in [7, 11) is 0. The van der Waals surface area contributed by atoms with E-state index in [1.807, 2.05) is 24.3 Å². The summed E-state index contributed by atoms with van der Waals surface area (Å²) < 4.78 is 0. The summed E-state index contributed by atoms with van der Waals surface area (Å²) in [5.74, 6) is 0.0894. The molecule has 4 heteroatoms. The van der Waals surface area contributed by atoms with E-state index in [4.69, 9.17) is 0 Å². The third-order valence-corrected chi connectivity index (χ3v) is 5.15. The first-order valence-electron chi connectivity index (χ1n) is 7.44. The zero-order valence-corrected chi connectivity index (χ0v) is 13.0. The summed E-state index contributed by atoms with van der Waals surface area (Å²) in [4.78, 5) is 13.9. The summed E-state index contributed by atoms with van der Waals surface area (Å²) in [6.45, 7) is 3.00. The zero-order chi connectivity index (χ0) is 14.7. The predicted octanol–water partition coefficient (Wildman–Crippen LogP) is 3.89. The Morgan fingerprint density at radius 3 is 2.86 bits per heavy atom. The molecule has 2 N–H and O–H groups in total. The molecular formula is C17H20N2OS. The Morgan fingerprint density at radius 2 is 2.19 bits per heavy atom. The van der Waals surface area contributed by atoms with Crippen LogP contribution in [0.25, 0.3) is 10.4 Å². The molecule has 1 amide bonds. The number of rotatable bonds is 4. The first-order chi connectivity index (χ1) is 10.2. The molecule has 1 aromatic carbocycles. The number of nitrogens with one attached hydrogen (secondary N) is 2. The standard InChI is InChI=1S/C17H20N2OS/c1-2-17(10-6-11-18-17)16(20)19-14-8-4-3-7-13(14)15-9-5-12-21-15/h3-5,7-9,12,18H,2,6,10-11H2,1H3,(H,19,20). The number of carbonyl (C=O) groups is 1. The van der Waals surface area contributed by atoms with Gasteiger partial charge in [0, 0.05) is 16.1 Å². The van der Waals surface area contributed by atoms with Gasteiger partial charge >= 0.3 is 0 Å². The largest absolute Gasteiger partial charge is 0.324 e. The molecule has 2 aromatic rings. The van der Waals surface area contributed by atoms with Crippen molar-refractivity contribution in [3.8, 4) is 10.4 Å². The Morgan fingerprint density at radius 1 is 1.33 bits per heavy atom. The zero-order valence-electron chi connectivity index (χ0n) is 12.2. The number of para-hydroxylation sites is 1. The lowest BCUT2D eigenvalue weighted by atomic mass is 9.93. The molecule has 0 spiro atoms. The summed E-state index contributed by atoms with van der Waals surface area (Å²) in [6.07, 6.45) is 2.80. The van der Waals surface area contributed by atoms with Crippen molar-refractivity contribution in [3.63, 3.8) is 0 Å². The topological polar surface area (TPSA) is 41.1 Å². The van der Waals surface area contributed by atoms with E-state index < -0.39 is 5.54 Å². The molecule has 3 nitrogen and oxygen atoms in total. The van der Waals surface area contributed by atoms with E-state index in [0.29, 0.717) is 0 Å². The normalized spacial score (nSPS) is 21.4. The molecule has 0 saturated carbocycles. The lowest BCUT2D eigenvalue weighted by molar-refractivity contribution is -0.122. The smallest absolute Gasteiger partial charge is 0.244 e. The van der Waals surface area contributed by atoms with E-state index in [1.165, 1.54) is 4.88 Å². The van der Waals surface area contributed by atoms with Crippen LogP contribution in [0.4, 0.5) is 5.69 Å². The molecule has 1 atom stereocenters. The SMILES string of the molecule is CCC1(C(=O)Nc2ccccc2-c2cccs2)CCCN1. The monoisotopic (exact) mass is 300 g/mol. The van der Waals surface area contributed by atoms with Crippen LogP contribution in [0.15, 0.2) is 41.8 Å². The molecule has 0 bridgehead atoms. The number of hydrogen-bond acceptors (Lipinski definition) is 3. The number of benzene rings is 1. The minimum atomic E-state index is -0.400. The number of carbonyl (C=O) groups excluding carboxylic acids is 1. The fraction of sp³-hybridized carbons (Fsp3) is 0.353. The highest BCUT2D eigenvalue weighted by atomic mass is 32.1. The van der Waals surface area contributed by atoms with Gasteiger partial charge in [0.05, 0.1) is 5.54 Å². The van der Waals surface area contributed by atoms with Crippen molar-refractivity contribution in [2.24, 2.45) is 0 Å². The molecule has 110 valence electrons. The number of anilines is 1. The average molecular weight is 300 g/mol. The van der Waals surface area contributed by atoms with Gasteiger partial charge in [-0.3, -0.25) is 4.79 Å². The fourth-order valence-corrected chi connectivity index (χ4v) is 3.71. The summed E-state index contributed by atoms with van der Waals surface area (Å²) in [6, 6.07) is 12.1. The molecule has 3 rings (SSSR count). The van der Waals surface area contributed by atoms with Gasteiger partial charge in [-0.05, 0) is 43.3 Å². The number of hydrogen-bond donors (Lipinski definition) is 2. The van der Waals surface area contributed by atoms with Crippen LogP contribution in [0.2, 0.25) is 0 Å². The van der Waals surface area contributed by atoms with Crippen molar-refractivity contribution in [3.05, 3.63) is 41.8 Å². The first kappa shape index (κ1) is 14.3. The minimum Gasteiger partial charge on any atom is -0.324 e. The van der Waals surface area contributed by atoms with Gasteiger partial charge in [0.1, 0.15) is 0 Å². The van der Waals surface area contributed by atoms with Crippen molar-refractivity contribution in [1.82, 2.24) is 5.32 Å². The quantitative estimate of drug-likeness (QED) is 0.899. The van der Waals surface area contributed by atoms with Crippen molar-refractivity contribution in [2.45, 2.75) is 31.7 Å². The Labute approximate surface area is 129 Å². The van der Waals surface area contributed by atoms with Crippen LogP contribution >= 0.6 is 11.3 Å². The number of thiophene rings is 1. The molecule has 1 aliphatic heterocycles. The van der Waals surface area contributed by atoms with Gasteiger partial charge in [-0.2, -0.15) is 0 Å². The predicted molar refractivity (Wildman–Crippen MR) is 88.6 cm³/mol. The second-order valence-electron chi connectivity index (χ2n) is 5.44. The van der Waals surface area contributed by atoms with Crippen molar-refractivity contribution < 1.29 is 4.79 Å². The van der Waals surface area contributed by atoms with Crippen LogP contribution < -0.4 is 10.6 Å². The maximum Gasteiger partial charge on any atom is 0.244 e. The van der Waals surface area contributed by atoms with Gasteiger partial charge in [-0.25, -0.2) is 0 Å². The summed E-state index contributed by atoms with van der Waals surface area (Å²) >= 11 is 1.69. The van der Waals surface area contributed by atoms with Gasteiger partial charge in [-0.15, -0.1) is 11.3 Å². The molecule has 0 radical (unpaired) electrons. The van der Waals surface area contributed by atoms with Crippen LogP contribution in [-0.4, -0.2) is 18.0 Å². The maximum atomic E-state index is 12.7. The van der Waals surface area contributed by atoms with E-state index in [2.05, 4.69) is 35.1 Å². The van der Waals surface area contributed by atoms with E-state index >= 15 is 0 Å². The molecule has 0 aliphatic carbocycles. The third kappa shape index (κ3) is 2.74. The molecule has 2 heterocycles. The molecule has 1 aliphatic rings. The van der Waals surface area contributed by atoms with Crippen molar-refractivity contribution in [1.29, 1.82) is 0 Å². The molecule has 1 fully saturated rings. The van der Waals surface area contributed by atoms with Gasteiger partial charge in [0.25, 0.3) is 0 Å². The summed E-state index contributed by atoms with van der Waals surface area (Å²) in [5, 5.41) is 8.58. The second-order valence-corrected chi connectivity index (χ2v) is 6.39. The van der Waals surface area contributed by atoms with E-state index in [-0.39, 0.29) is 5.91 Å². The van der Waals surface area contributed by atoms with Crippen LogP contribution in [0, 0.1) is 0 Å². The van der Waals surface area contributed by atoms with E-state index in [0.717, 1.165) is 37.1 Å². The molecule has 1 unspecified atom stereocenters. The highest BCUT2D eigenvalue weighted by Crippen LogP contribution is 2.33. The van der Waals surface area contributed by atoms with Crippen LogP contribution in [0.1, 0.15) is 26.2 Å². The van der Waals surface area contributed by atoms with Gasteiger partial charge < -0.3 is 10.6 Å².